The zero-order valence-corrected chi connectivity index (χ0v) is 12.1. The predicted octanol–water partition coefficient (Wildman–Crippen LogP) is 4.52. The number of rotatable bonds is 4. The van der Waals surface area contributed by atoms with Gasteiger partial charge in [-0.15, -0.1) is 0 Å². The summed E-state index contributed by atoms with van der Waals surface area (Å²) in [5.74, 6) is 0.608. The third-order valence-electron chi connectivity index (χ3n) is 2.82. The summed E-state index contributed by atoms with van der Waals surface area (Å²) < 4.78 is 5.41. The number of ether oxygens (including phenoxy) is 1. The Morgan fingerprint density at radius 2 is 1.74 bits per heavy atom. The van der Waals surface area contributed by atoms with Crippen LogP contribution in [-0.2, 0) is 6.54 Å². The highest BCUT2D eigenvalue weighted by molar-refractivity contribution is 6.36. The Bertz CT molecular complexity index is 567. The fourth-order valence-corrected chi connectivity index (χ4v) is 2.32. The van der Waals surface area contributed by atoms with Gasteiger partial charge in [0, 0.05) is 18.2 Å². The van der Waals surface area contributed by atoms with E-state index < -0.39 is 0 Å². The number of nitrogens with two attached hydrogens (primary N) is 1. The van der Waals surface area contributed by atoms with Crippen molar-refractivity contribution in [3.63, 3.8) is 0 Å². The van der Waals surface area contributed by atoms with Gasteiger partial charge in [0.2, 0.25) is 0 Å². The van der Waals surface area contributed by atoms with Gasteiger partial charge in [-0.2, -0.15) is 0 Å². The molecular weight excluding hydrogens is 281 g/mol. The average Bonchev–Trinajstić information content (AvgIpc) is 2.43. The van der Waals surface area contributed by atoms with Gasteiger partial charge in [-0.05, 0) is 24.1 Å². The van der Waals surface area contributed by atoms with Crippen LogP contribution < -0.4 is 10.5 Å². The van der Waals surface area contributed by atoms with E-state index in [1.807, 2.05) is 37.3 Å². The van der Waals surface area contributed by atoms with E-state index in [9.17, 15) is 0 Å². The maximum absolute atomic E-state index is 6.28. The molecular formula is C15H15Cl2NO. The molecule has 0 aliphatic carbocycles. The lowest BCUT2D eigenvalue weighted by Gasteiger charge is -2.11. The topological polar surface area (TPSA) is 35.2 Å². The summed E-state index contributed by atoms with van der Waals surface area (Å²) in [6.07, 6.45) is 0. The number of hydrogen-bond acceptors (Lipinski definition) is 2. The molecule has 0 spiro atoms. The standard InChI is InChI=1S/C15H15Cl2NO/c1-2-19-15-8-13(16)12(7-14(15)17)11-5-3-10(9-18)4-6-11/h3-8H,2,9,18H2,1H3. The third kappa shape index (κ3) is 3.21. The molecule has 0 fully saturated rings. The first-order valence-corrected chi connectivity index (χ1v) is 6.82. The van der Waals surface area contributed by atoms with Crippen molar-refractivity contribution < 1.29 is 4.74 Å². The SMILES string of the molecule is CCOc1cc(Cl)c(-c2ccc(CN)cc2)cc1Cl. The molecule has 0 radical (unpaired) electrons. The molecule has 100 valence electrons. The van der Waals surface area contributed by atoms with Crippen molar-refractivity contribution in [2.75, 3.05) is 6.61 Å². The van der Waals surface area contributed by atoms with Crippen LogP contribution in [0, 0.1) is 0 Å². The maximum atomic E-state index is 6.28. The molecule has 2 rings (SSSR count). The van der Waals surface area contributed by atoms with Gasteiger partial charge in [-0.3, -0.25) is 0 Å². The molecule has 0 unspecified atom stereocenters. The van der Waals surface area contributed by atoms with Crippen LogP contribution in [0.5, 0.6) is 5.75 Å². The number of hydrogen-bond donors (Lipinski definition) is 1. The van der Waals surface area contributed by atoms with Crippen LogP contribution in [0.4, 0.5) is 0 Å². The molecule has 4 heteroatoms. The lowest BCUT2D eigenvalue weighted by atomic mass is 10.0. The molecule has 2 aromatic rings. The van der Waals surface area contributed by atoms with Crippen LogP contribution in [-0.4, -0.2) is 6.61 Å². The first-order valence-electron chi connectivity index (χ1n) is 6.07. The van der Waals surface area contributed by atoms with Crippen molar-refractivity contribution in [3.05, 3.63) is 52.0 Å². The summed E-state index contributed by atoms with van der Waals surface area (Å²) in [7, 11) is 0. The van der Waals surface area contributed by atoms with E-state index in [-0.39, 0.29) is 0 Å². The molecule has 0 saturated carbocycles. The highest BCUT2D eigenvalue weighted by Crippen LogP contribution is 2.36. The molecule has 2 N–H and O–H groups in total. The van der Waals surface area contributed by atoms with E-state index in [4.69, 9.17) is 33.7 Å². The van der Waals surface area contributed by atoms with Gasteiger partial charge >= 0.3 is 0 Å². The molecule has 0 amide bonds. The smallest absolute Gasteiger partial charge is 0.139 e. The average molecular weight is 296 g/mol. The Morgan fingerprint density at radius 1 is 1.05 bits per heavy atom. The lowest BCUT2D eigenvalue weighted by molar-refractivity contribution is 0.340. The molecule has 2 nitrogen and oxygen atoms in total. The molecule has 0 heterocycles. The minimum atomic E-state index is 0.526. The van der Waals surface area contributed by atoms with Gasteiger partial charge < -0.3 is 10.5 Å². The van der Waals surface area contributed by atoms with Crippen LogP contribution in [0.2, 0.25) is 10.0 Å². The van der Waals surface area contributed by atoms with E-state index in [1.165, 1.54) is 0 Å². The summed E-state index contributed by atoms with van der Waals surface area (Å²) in [6, 6.07) is 11.5. The van der Waals surface area contributed by atoms with Gasteiger partial charge in [0.15, 0.2) is 0 Å². The highest BCUT2D eigenvalue weighted by Gasteiger charge is 2.10. The summed E-state index contributed by atoms with van der Waals surface area (Å²) in [4.78, 5) is 0. The molecule has 19 heavy (non-hydrogen) atoms. The van der Waals surface area contributed by atoms with Crippen molar-refractivity contribution >= 4 is 23.2 Å². The molecule has 0 atom stereocenters. The maximum Gasteiger partial charge on any atom is 0.139 e. The fraction of sp³-hybridized carbons (Fsp3) is 0.200. The molecule has 0 saturated heterocycles. The van der Waals surface area contributed by atoms with Gasteiger partial charge in [0.1, 0.15) is 5.75 Å². The van der Waals surface area contributed by atoms with Crippen molar-refractivity contribution in [3.8, 4) is 16.9 Å². The Balaban J connectivity index is 2.41. The first-order chi connectivity index (χ1) is 9.15. The van der Waals surface area contributed by atoms with Gasteiger partial charge in [-0.1, -0.05) is 47.5 Å². The lowest BCUT2D eigenvalue weighted by Crippen LogP contribution is -1.95. The van der Waals surface area contributed by atoms with Gasteiger partial charge in [-0.25, -0.2) is 0 Å². The van der Waals surface area contributed by atoms with Crippen molar-refractivity contribution in [1.82, 2.24) is 0 Å². The summed E-state index contributed by atoms with van der Waals surface area (Å²) in [6.45, 7) is 2.99. The summed E-state index contributed by atoms with van der Waals surface area (Å²) in [5.41, 5.74) is 8.56. The number of halogens is 2. The fourth-order valence-electron chi connectivity index (χ4n) is 1.84. The van der Waals surface area contributed by atoms with Crippen molar-refractivity contribution in [1.29, 1.82) is 0 Å². The van der Waals surface area contributed by atoms with Crippen LogP contribution in [0.1, 0.15) is 12.5 Å². The van der Waals surface area contributed by atoms with Crippen LogP contribution in [0.3, 0.4) is 0 Å². The van der Waals surface area contributed by atoms with E-state index in [0.717, 1.165) is 16.7 Å². The zero-order chi connectivity index (χ0) is 13.8. The van der Waals surface area contributed by atoms with E-state index in [0.29, 0.717) is 28.9 Å². The highest BCUT2D eigenvalue weighted by atomic mass is 35.5. The zero-order valence-electron chi connectivity index (χ0n) is 10.6. The minimum absolute atomic E-state index is 0.526. The Morgan fingerprint density at radius 3 is 2.32 bits per heavy atom. The van der Waals surface area contributed by atoms with Gasteiger partial charge in [0.25, 0.3) is 0 Å². The van der Waals surface area contributed by atoms with Gasteiger partial charge in [0.05, 0.1) is 16.7 Å². The van der Waals surface area contributed by atoms with E-state index >= 15 is 0 Å². The molecule has 0 bridgehead atoms. The molecule has 0 aliphatic rings. The Labute approximate surface area is 123 Å². The normalized spacial score (nSPS) is 10.5. The monoisotopic (exact) mass is 295 g/mol. The Hall–Kier alpha value is -1.22. The minimum Gasteiger partial charge on any atom is -0.492 e. The summed E-state index contributed by atoms with van der Waals surface area (Å²) in [5, 5.41) is 1.18. The predicted molar refractivity (Wildman–Crippen MR) is 81.0 cm³/mol. The quantitative estimate of drug-likeness (QED) is 0.900. The van der Waals surface area contributed by atoms with E-state index in [2.05, 4.69) is 0 Å². The second kappa shape index (κ2) is 6.29. The molecule has 2 aromatic carbocycles. The van der Waals surface area contributed by atoms with Crippen LogP contribution in [0.25, 0.3) is 11.1 Å². The van der Waals surface area contributed by atoms with Crippen molar-refractivity contribution in [2.24, 2.45) is 5.73 Å². The largest absolute Gasteiger partial charge is 0.492 e. The van der Waals surface area contributed by atoms with Crippen LogP contribution in [0.15, 0.2) is 36.4 Å². The first kappa shape index (κ1) is 14.2. The molecule has 0 aromatic heterocycles. The Kier molecular flexibility index (Phi) is 4.70. The summed E-state index contributed by atoms with van der Waals surface area (Å²) >= 11 is 12.5. The number of benzene rings is 2. The van der Waals surface area contributed by atoms with E-state index in [1.54, 1.807) is 6.07 Å². The second-order valence-corrected chi connectivity index (χ2v) is 4.91. The molecule has 0 aliphatic heterocycles. The van der Waals surface area contributed by atoms with Crippen molar-refractivity contribution in [2.45, 2.75) is 13.5 Å². The van der Waals surface area contributed by atoms with Crippen LogP contribution >= 0.6 is 23.2 Å². The second-order valence-electron chi connectivity index (χ2n) is 4.10. The third-order valence-corrected chi connectivity index (χ3v) is 3.43.